The molecule has 1 aliphatic rings. The number of benzene rings is 8. The van der Waals surface area contributed by atoms with Crippen LogP contribution in [0.1, 0.15) is 0 Å². The second-order valence-electron chi connectivity index (χ2n) is 13.1. The molecule has 0 N–H and O–H groups in total. The van der Waals surface area contributed by atoms with Gasteiger partial charge in [-0.25, -0.2) is 0 Å². The van der Waals surface area contributed by atoms with Crippen LogP contribution in [-0.2, 0) is 0 Å². The van der Waals surface area contributed by atoms with Crippen molar-refractivity contribution in [2.75, 3.05) is 0 Å². The highest BCUT2D eigenvalue weighted by molar-refractivity contribution is 6.14. The Morgan fingerprint density at radius 2 is 0.596 bits per heavy atom. The maximum Gasteiger partial charge on any atom is 0.143 e. The van der Waals surface area contributed by atoms with Gasteiger partial charge in [-0.05, 0) is 47.5 Å². The molecule has 1 aliphatic heterocycles. The van der Waals surface area contributed by atoms with E-state index in [1.165, 1.54) is 0 Å². The first kappa shape index (κ1) is 28.8. The maximum atomic E-state index is 7.08. The lowest BCUT2D eigenvalue weighted by Gasteiger charge is -2.25. The molecule has 244 valence electrons. The van der Waals surface area contributed by atoms with Crippen LogP contribution in [0, 0.1) is 0 Å². The first-order chi connectivity index (χ1) is 25.8. The highest BCUT2D eigenvalue weighted by Crippen LogP contribution is 2.54. The van der Waals surface area contributed by atoms with Gasteiger partial charge in [0.1, 0.15) is 45.3 Å². The number of furan rings is 2. The summed E-state index contributed by atoms with van der Waals surface area (Å²) in [5.41, 5.74) is 10.8. The normalized spacial score (nSPS) is 12.2. The lowest BCUT2D eigenvalue weighted by molar-refractivity contribution is 0.472. The summed E-state index contributed by atoms with van der Waals surface area (Å²) in [5.74, 6) is 2.87. The minimum Gasteiger partial charge on any atom is -0.456 e. The van der Waals surface area contributed by atoms with Gasteiger partial charge in [0.2, 0.25) is 0 Å². The average molecular weight is 669 g/mol. The summed E-state index contributed by atoms with van der Waals surface area (Å²) in [6, 6.07) is 57.9. The van der Waals surface area contributed by atoms with Gasteiger partial charge in [-0.3, -0.25) is 0 Å². The van der Waals surface area contributed by atoms with Gasteiger partial charge in [-0.1, -0.05) is 133 Å². The molecule has 3 heterocycles. The third-order valence-electron chi connectivity index (χ3n) is 10.2. The molecule has 0 aliphatic carbocycles. The number of para-hydroxylation sites is 6. The van der Waals surface area contributed by atoms with Crippen molar-refractivity contribution in [3.63, 3.8) is 0 Å². The average Bonchev–Trinajstić information content (AvgIpc) is 3.77. The van der Waals surface area contributed by atoms with Crippen LogP contribution >= 0.6 is 0 Å². The first-order valence-corrected chi connectivity index (χ1v) is 17.4. The third kappa shape index (κ3) is 4.28. The Kier molecular flexibility index (Phi) is 6.22. The number of hydrogen-bond donors (Lipinski definition) is 0. The molecule has 0 bridgehead atoms. The Balaban J connectivity index is 1.28. The molecule has 8 aromatic carbocycles. The van der Waals surface area contributed by atoms with Crippen molar-refractivity contribution in [2.45, 2.75) is 0 Å². The van der Waals surface area contributed by atoms with Crippen LogP contribution < -0.4 is 9.47 Å². The Morgan fingerprint density at radius 3 is 1.10 bits per heavy atom. The van der Waals surface area contributed by atoms with Gasteiger partial charge in [-0.2, -0.15) is 0 Å². The molecule has 0 atom stereocenters. The highest BCUT2D eigenvalue weighted by Gasteiger charge is 2.28. The molecule has 0 amide bonds. The van der Waals surface area contributed by atoms with Crippen LogP contribution in [-0.4, -0.2) is 0 Å². The molecule has 4 nitrogen and oxygen atoms in total. The Bertz CT molecular complexity index is 2830. The zero-order valence-electron chi connectivity index (χ0n) is 27.8. The summed E-state index contributed by atoms with van der Waals surface area (Å²) in [6.07, 6.45) is 0. The van der Waals surface area contributed by atoms with Gasteiger partial charge >= 0.3 is 0 Å². The number of fused-ring (bicyclic) bond motifs is 12. The zero-order chi connectivity index (χ0) is 34.2. The molecule has 0 saturated carbocycles. The molecule has 0 radical (unpaired) electrons. The van der Waals surface area contributed by atoms with Crippen LogP contribution in [0.15, 0.2) is 179 Å². The van der Waals surface area contributed by atoms with E-state index in [4.69, 9.17) is 18.3 Å². The minimum absolute atomic E-state index is 0.700. The Hall–Kier alpha value is -7.04. The topological polar surface area (TPSA) is 44.7 Å². The molecule has 0 saturated heterocycles. The molecule has 0 spiro atoms. The predicted octanol–water partition coefficient (Wildman–Crippen LogP) is 14.1. The third-order valence-corrected chi connectivity index (χ3v) is 10.2. The molecular formula is C48H28O4. The fraction of sp³-hybridized carbons (Fsp3) is 0. The smallest absolute Gasteiger partial charge is 0.143 e. The SMILES string of the molecule is c1ccc2c(c1)Oc1cccc(-c3cccc4c3oc3ccccc34)c1-c1c(cccc1-c1cccc3c1oc1ccccc13)Oc1ccccc1-2. The largest absolute Gasteiger partial charge is 0.456 e. The maximum absolute atomic E-state index is 7.08. The molecule has 11 rings (SSSR count). The molecular weight excluding hydrogens is 641 g/mol. The van der Waals surface area contributed by atoms with E-state index in [0.717, 1.165) is 99.9 Å². The van der Waals surface area contributed by atoms with Crippen LogP contribution in [0.5, 0.6) is 23.0 Å². The van der Waals surface area contributed by atoms with E-state index in [9.17, 15) is 0 Å². The predicted molar refractivity (Wildman–Crippen MR) is 209 cm³/mol. The van der Waals surface area contributed by atoms with Crippen LogP contribution in [0.3, 0.4) is 0 Å². The van der Waals surface area contributed by atoms with Crippen molar-refractivity contribution in [1.82, 2.24) is 0 Å². The standard InChI is InChI=1S/C48H28O4/c1-5-23-39-29(13-1)30-14-2-6-24-40(30)50-44-28-12-18-34(38-22-10-20-36-32-16-4-8-26-42(32)52-48(36)38)46(44)45-33(17-11-27-43(45)49-39)37-21-9-19-35-31-15-3-7-25-41(31)51-47(35)37/h1-28H. The summed E-state index contributed by atoms with van der Waals surface area (Å²) in [5, 5.41) is 4.27. The summed E-state index contributed by atoms with van der Waals surface area (Å²) in [7, 11) is 0. The van der Waals surface area contributed by atoms with E-state index >= 15 is 0 Å². The van der Waals surface area contributed by atoms with Crippen LogP contribution in [0.2, 0.25) is 0 Å². The van der Waals surface area contributed by atoms with Gasteiger partial charge in [0, 0.05) is 54.9 Å². The fourth-order valence-electron chi connectivity index (χ4n) is 7.91. The van der Waals surface area contributed by atoms with Gasteiger partial charge in [-0.15, -0.1) is 0 Å². The number of rotatable bonds is 2. The number of hydrogen-bond acceptors (Lipinski definition) is 4. The molecule has 52 heavy (non-hydrogen) atoms. The van der Waals surface area contributed by atoms with Crippen LogP contribution in [0.25, 0.3) is 88.4 Å². The van der Waals surface area contributed by atoms with Crippen molar-refractivity contribution in [2.24, 2.45) is 0 Å². The minimum atomic E-state index is 0.700. The number of ether oxygens (including phenoxy) is 2. The summed E-state index contributed by atoms with van der Waals surface area (Å²) in [6.45, 7) is 0. The highest BCUT2D eigenvalue weighted by atomic mass is 16.5. The van der Waals surface area contributed by atoms with Crippen LogP contribution in [0.4, 0.5) is 0 Å². The second-order valence-corrected chi connectivity index (χ2v) is 13.1. The summed E-state index contributed by atoms with van der Waals surface area (Å²) < 4.78 is 27.4. The van der Waals surface area contributed by atoms with E-state index in [0.29, 0.717) is 11.5 Å². The van der Waals surface area contributed by atoms with Crippen molar-refractivity contribution >= 4 is 43.9 Å². The Labute approximate surface area is 298 Å². The quantitative estimate of drug-likeness (QED) is 0.184. The zero-order valence-corrected chi connectivity index (χ0v) is 27.8. The van der Waals surface area contributed by atoms with Gasteiger partial charge in [0.15, 0.2) is 0 Å². The molecule has 10 aromatic rings. The summed E-state index contributed by atoms with van der Waals surface area (Å²) in [4.78, 5) is 0. The van der Waals surface area contributed by atoms with E-state index < -0.39 is 0 Å². The van der Waals surface area contributed by atoms with E-state index in [1.54, 1.807) is 0 Å². The van der Waals surface area contributed by atoms with Crippen molar-refractivity contribution in [1.29, 1.82) is 0 Å². The molecule has 0 fully saturated rings. The van der Waals surface area contributed by atoms with Gasteiger partial charge in [0.25, 0.3) is 0 Å². The summed E-state index contributed by atoms with van der Waals surface area (Å²) >= 11 is 0. The fourth-order valence-corrected chi connectivity index (χ4v) is 7.91. The van der Waals surface area contributed by atoms with E-state index in [1.807, 2.05) is 72.8 Å². The molecule has 2 aromatic heterocycles. The monoisotopic (exact) mass is 668 g/mol. The van der Waals surface area contributed by atoms with Gasteiger partial charge in [0.05, 0.1) is 0 Å². The van der Waals surface area contributed by atoms with Crippen molar-refractivity contribution < 1.29 is 18.3 Å². The van der Waals surface area contributed by atoms with Gasteiger partial charge < -0.3 is 18.3 Å². The van der Waals surface area contributed by atoms with E-state index in [-0.39, 0.29) is 0 Å². The Morgan fingerprint density at radius 1 is 0.250 bits per heavy atom. The van der Waals surface area contributed by atoms with Crippen molar-refractivity contribution in [3.05, 3.63) is 170 Å². The molecule has 0 unspecified atom stereocenters. The second kappa shape index (κ2) is 11.2. The van der Waals surface area contributed by atoms with Crippen molar-refractivity contribution in [3.8, 4) is 67.5 Å². The molecule has 4 heteroatoms. The van der Waals surface area contributed by atoms with E-state index in [2.05, 4.69) is 97.1 Å². The lowest BCUT2D eigenvalue weighted by atomic mass is 9.87. The lowest BCUT2D eigenvalue weighted by Crippen LogP contribution is -2.00. The first-order valence-electron chi connectivity index (χ1n) is 17.4.